The van der Waals surface area contributed by atoms with Crippen LogP contribution in [0.25, 0.3) is 10.1 Å². The lowest BCUT2D eigenvalue weighted by atomic mass is 10.0. The highest BCUT2D eigenvalue weighted by Gasteiger charge is 2.26. The molecule has 130 valence electrons. The van der Waals surface area contributed by atoms with Gasteiger partial charge in [-0.15, -0.1) is 11.3 Å². The Morgan fingerprint density at radius 1 is 1.16 bits per heavy atom. The fourth-order valence-corrected chi connectivity index (χ4v) is 3.47. The molecule has 4 nitrogen and oxygen atoms in total. The molecule has 1 unspecified atom stereocenters. The minimum absolute atomic E-state index is 0.109. The third-order valence-corrected chi connectivity index (χ3v) is 5.12. The predicted molar refractivity (Wildman–Crippen MR) is 94.8 cm³/mol. The van der Waals surface area contributed by atoms with Crippen LogP contribution in [-0.2, 0) is 5.60 Å². The summed E-state index contributed by atoms with van der Waals surface area (Å²) in [7, 11) is 0. The molecule has 1 aromatic heterocycles. The van der Waals surface area contributed by atoms with Crippen molar-refractivity contribution < 1.29 is 18.7 Å². The zero-order chi connectivity index (χ0) is 18.0. The van der Waals surface area contributed by atoms with Crippen LogP contribution in [0.4, 0.5) is 19.3 Å². The summed E-state index contributed by atoms with van der Waals surface area (Å²) >= 11 is 1.42. The van der Waals surface area contributed by atoms with Gasteiger partial charge in [0.25, 0.3) is 0 Å². The van der Waals surface area contributed by atoms with Crippen LogP contribution in [0.15, 0.2) is 48.5 Å². The van der Waals surface area contributed by atoms with Gasteiger partial charge in [0.1, 0.15) is 22.9 Å². The maximum absolute atomic E-state index is 13.5. The lowest BCUT2D eigenvalue weighted by molar-refractivity contribution is 0.0638. The molecular weight excluding hydrogens is 346 g/mol. The minimum Gasteiger partial charge on any atom is -0.383 e. The van der Waals surface area contributed by atoms with E-state index in [0.717, 1.165) is 22.2 Å². The predicted octanol–water partition coefficient (Wildman–Crippen LogP) is 4.21. The molecule has 25 heavy (non-hydrogen) atoms. The molecule has 1 heterocycles. The van der Waals surface area contributed by atoms with Gasteiger partial charge in [-0.3, -0.25) is 0 Å². The van der Waals surface area contributed by atoms with Crippen molar-refractivity contribution >= 4 is 33.1 Å². The summed E-state index contributed by atoms with van der Waals surface area (Å²) in [5.74, 6) is -1.74. The highest BCUT2D eigenvalue weighted by atomic mass is 32.1. The number of aliphatic hydroxyl groups is 1. The number of halogens is 2. The van der Waals surface area contributed by atoms with E-state index in [0.29, 0.717) is 4.88 Å². The summed E-state index contributed by atoms with van der Waals surface area (Å²) in [4.78, 5) is 12.6. The van der Waals surface area contributed by atoms with E-state index in [2.05, 4.69) is 10.6 Å². The molecule has 2 aromatic carbocycles. The fraction of sp³-hybridized carbons (Fsp3) is 0.167. The first-order valence-corrected chi connectivity index (χ1v) is 8.39. The van der Waals surface area contributed by atoms with Gasteiger partial charge in [-0.05, 0) is 36.6 Å². The number of anilines is 1. The fourth-order valence-electron chi connectivity index (χ4n) is 2.36. The number of fused-ring (bicyclic) bond motifs is 1. The molecule has 0 aliphatic heterocycles. The summed E-state index contributed by atoms with van der Waals surface area (Å²) < 4.78 is 28.1. The van der Waals surface area contributed by atoms with Crippen molar-refractivity contribution in [2.24, 2.45) is 0 Å². The molecule has 3 rings (SSSR count). The Hall–Kier alpha value is -2.51. The number of rotatable bonds is 4. The molecule has 0 bridgehead atoms. The second kappa shape index (κ2) is 6.78. The first-order chi connectivity index (χ1) is 11.9. The van der Waals surface area contributed by atoms with Gasteiger partial charge in [-0.2, -0.15) is 0 Å². The monoisotopic (exact) mass is 362 g/mol. The molecule has 0 spiro atoms. The van der Waals surface area contributed by atoms with E-state index < -0.39 is 29.0 Å². The number of para-hydroxylation sites is 1. The first kappa shape index (κ1) is 17.3. The van der Waals surface area contributed by atoms with E-state index in [1.807, 2.05) is 30.3 Å². The molecular formula is C18H16F2N2O2S. The van der Waals surface area contributed by atoms with Crippen molar-refractivity contribution in [2.75, 3.05) is 11.9 Å². The number of benzene rings is 2. The summed E-state index contributed by atoms with van der Waals surface area (Å²) in [5, 5.41) is 16.2. The van der Waals surface area contributed by atoms with Crippen molar-refractivity contribution in [3.05, 3.63) is 65.0 Å². The number of hydrogen-bond acceptors (Lipinski definition) is 3. The smallest absolute Gasteiger partial charge is 0.319 e. The van der Waals surface area contributed by atoms with E-state index in [9.17, 15) is 18.7 Å². The lowest BCUT2D eigenvalue weighted by Gasteiger charge is -2.22. The Bertz CT molecular complexity index is 871. The molecule has 7 heteroatoms. The standard InChI is InChI=1S/C18H16F2N2O2S/c1-18(24,15-9-11-5-2-3-8-14(11)25-15)10-21-17(23)22-16-12(19)6-4-7-13(16)20/h2-9,24H,10H2,1H3,(H2,21,22,23). The molecule has 3 aromatic rings. The SMILES string of the molecule is CC(O)(CNC(=O)Nc1c(F)cccc1F)c1cc2ccccc2s1. The van der Waals surface area contributed by atoms with E-state index >= 15 is 0 Å². The molecule has 0 saturated heterocycles. The number of nitrogens with one attached hydrogen (secondary N) is 2. The van der Waals surface area contributed by atoms with Crippen molar-refractivity contribution in [3.63, 3.8) is 0 Å². The quantitative estimate of drug-likeness (QED) is 0.651. The maximum atomic E-state index is 13.5. The van der Waals surface area contributed by atoms with Crippen LogP contribution in [0.1, 0.15) is 11.8 Å². The average molecular weight is 362 g/mol. The normalized spacial score (nSPS) is 13.4. The number of hydrogen-bond donors (Lipinski definition) is 3. The number of thiophene rings is 1. The molecule has 2 amide bonds. The minimum atomic E-state index is -1.31. The molecule has 0 saturated carbocycles. The van der Waals surface area contributed by atoms with Gasteiger partial charge < -0.3 is 15.7 Å². The van der Waals surface area contributed by atoms with Crippen LogP contribution in [0, 0.1) is 11.6 Å². The second-order valence-corrected chi connectivity index (χ2v) is 6.91. The van der Waals surface area contributed by atoms with Gasteiger partial charge in [-0.1, -0.05) is 24.3 Å². The lowest BCUT2D eigenvalue weighted by Crippen LogP contribution is -2.40. The Morgan fingerprint density at radius 3 is 2.52 bits per heavy atom. The Morgan fingerprint density at radius 2 is 1.84 bits per heavy atom. The summed E-state index contributed by atoms with van der Waals surface area (Å²) in [6.07, 6.45) is 0. The molecule has 3 N–H and O–H groups in total. The number of urea groups is 1. The van der Waals surface area contributed by atoms with Gasteiger partial charge in [0.2, 0.25) is 0 Å². The largest absolute Gasteiger partial charge is 0.383 e. The van der Waals surface area contributed by atoms with Crippen LogP contribution < -0.4 is 10.6 Å². The molecule has 1 atom stereocenters. The van der Waals surface area contributed by atoms with Crippen LogP contribution in [-0.4, -0.2) is 17.7 Å². The number of amides is 2. The van der Waals surface area contributed by atoms with E-state index in [4.69, 9.17) is 0 Å². The second-order valence-electron chi connectivity index (χ2n) is 5.83. The topological polar surface area (TPSA) is 61.4 Å². The Balaban J connectivity index is 1.68. The third kappa shape index (κ3) is 3.78. The molecule has 0 fully saturated rings. The Kier molecular flexibility index (Phi) is 4.69. The van der Waals surface area contributed by atoms with Crippen molar-refractivity contribution in [1.82, 2.24) is 5.32 Å². The zero-order valence-corrected chi connectivity index (χ0v) is 14.2. The summed E-state index contributed by atoms with van der Waals surface area (Å²) in [6.45, 7) is 1.46. The first-order valence-electron chi connectivity index (χ1n) is 7.57. The van der Waals surface area contributed by atoms with Crippen LogP contribution >= 0.6 is 11.3 Å². The zero-order valence-electron chi connectivity index (χ0n) is 13.3. The number of carbonyl (C=O) groups excluding carboxylic acids is 1. The van der Waals surface area contributed by atoms with Gasteiger partial charge in [-0.25, -0.2) is 13.6 Å². The summed E-state index contributed by atoms with van der Waals surface area (Å²) in [6, 6.07) is 12.1. The van der Waals surface area contributed by atoms with Gasteiger partial charge >= 0.3 is 6.03 Å². The van der Waals surface area contributed by atoms with Gasteiger partial charge in [0.05, 0.1) is 6.54 Å². The average Bonchev–Trinajstić information content (AvgIpc) is 3.02. The molecule has 0 radical (unpaired) electrons. The van der Waals surface area contributed by atoms with E-state index in [1.54, 1.807) is 6.92 Å². The van der Waals surface area contributed by atoms with E-state index in [-0.39, 0.29) is 6.54 Å². The van der Waals surface area contributed by atoms with Gasteiger partial charge in [0, 0.05) is 9.58 Å². The molecule has 0 aliphatic rings. The van der Waals surface area contributed by atoms with E-state index in [1.165, 1.54) is 17.4 Å². The summed E-state index contributed by atoms with van der Waals surface area (Å²) in [5.41, 5.74) is -1.84. The Labute approximate surface area is 147 Å². The van der Waals surface area contributed by atoms with Crippen molar-refractivity contribution in [1.29, 1.82) is 0 Å². The molecule has 0 aliphatic carbocycles. The van der Waals surface area contributed by atoms with Gasteiger partial charge in [0.15, 0.2) is 0 Å². The van der Waals surface area contributed by atoms with Crippen LogP contribution in [0.5, 0.6) is 0 Å². The van der Waals surface area contributed by atoms with Crippen molar-refractivity contribution in [3.8, 4) is 0 Å². The van der Waals surface area contributed by atoms with Crippen LogP contribution in [0.2, 0.25) is 0 Å². The van der Waals surface area contributed by atoms with Crippen molar-refractivity contribution in [2.45, 2.75) is 12.5 Å². The number of carbonyl (C=O) groups is 1. The highest BCUT2D eigenvalue weighted by molar-refractivity contribution is 7.19. The van der Waals surface area contributed by atoms with Crippen LogP contribution in [0.3, 0.4) is 0 Å². The highest BCUT2D eigenvalue weighted by Crippen LogP contribution is 2.32. The maximum Gasteiger partial charge on any atom is 0.319 e. The third-order valence-electron chi connectivity index (χ3n) is 3.75.